The van der Waals surface area contributed by atoms with E-state index in [9.17, 15) is 0 Å². The number of hydrogen-bond acceptors (Lipinski definition) is 1. The van der Waals surface area contributed by atoms with E-state index in [2.05, 4.69) is 5.10 Å². The van der Waals surface area contributed by atoms with Gasteiger partial charge < -0.3 is 0 Å². The fraction of sp³-hybridized carbons (Fsp3) is 0.125. The molecule has 0 aliphatic rings. The molecule has 0 fully saturated rings. The number of fused-ring (bicyclic) bond motifs is 1. The second-order valence-electron chi connectivity index (χ2n) is 2.29. The second kappa shape index (κ2) is 1.84. The molecule has 0 spiro atoms. The molecule has 2 aromatic rings. The van der Waals surface area contributed by atoms with Gasteiger partial charge in [0.05, 0.1) is 6.89 Å². The maximum Gasteiger partial charge on any atom is 0.0923 e. The van der Waals surface area contributed by atoms with E-state index in [1.807, 2.05) is 19.3 Å². The lowest BCUT2D eigenvalue weighted by molar-refractivity contribution is 0.780. The van der Waals surface area contributed by atoms with Crippen molar-refractivity contribution < 1.29 is 1.37 Å². The standard InChI is InChI=1S/C8H8N2/c1-10-6-7-4-2-3-5-8(7)9-10/h2-6H,1H3/i3D. The lowest BCUT2D eigenvalue weighted by Gasteiger charge is -1.80. The van der Waals surface area contributed by atoms with Crippen LogP contribution in [0.25, 0.3) is 10.9 Å². The predicted octanol–water partition coefficient (Wildman–Crippen LogP) is 1.57. The predicted molar refractivity (Wildman–Crippen MR) is 40.7 cm³/mol. The van der Waals surface area contributed by atoms with Crippen LogP contribution in [0.3, 0.4) is 0 Å². The fourth-order valence-corrected chi connectivity index (χ4v) is 1.03. The molecule has 0 aliphatic carbocycles. The summed E-state index contributed by atoms with van der Waals surface area (Å²) < 4.78 is 9.09. The maximum absolute atomic E-state index is 7.34. The van der Waals surface area contributed by atoms with E-state index in [0.717, 1.165) is 10.9 Å². The van der Waals surface area contributed by atoms with Gasteiger partial charge in [-0.15, -0.1) is 0 Å². The zero-order chi connectivity index (χ0) is 7.84. The van der Waals surface area contributed by atoms with Crippen LogP contribution in [0.15, 0.2) is 30.4 Å². The van der Waals surface area contributed by atoms with Crippen LogP contribution in [0.5, 0.6) is 0 Å². The Hall–Kier alpha value is -1.31. The first-order chi connectivity index (χ1) is 5.25. The van der Waals surface area contributed by atoms with Crippen molar-refractivity contribution in [2.24, 2.45) is 7.05 Å². The third-order valence-electron chi connectivity index (χ3n) is 1.47. The zero-order valence-corrected chi connectivity index (χ0v) is 5.70. The Bertz CT molecular complexity index is 392. The quantitative estimate of drug-likeness (QED) is 0.533. The first-order valence-electron chi connectivity index (χ1n) is 3.66. The summed E-state index contributed by atoms with van der Waals surface area (Å²) in [5.74, 6) is 0. The molecular formula is C8H8N2. The van der Waals surface area contributed by atoms with Gasteiger partial charge in [-0.1, -0.05) is 18.2 Å². The van der Waals surface area contributed by atoms with Crippen LogP contribution in [0.1, 0.15) is 1.37 Å². The first kappa shape index (κ1) is 4.50. The molecule has 2 heteroatoms. The van der Waals surface area contributed by atoms with E-state index in [0.29, 0.717) is 6.04 Å². The van der Waals surface area contributed by atoms with Gasteiger partial charge in [0.15, 0.2) is 0 Å². The molecule has 0 radical (unpaired) electrons. The smallest absolute Gasteiger partial charge is 0.0923 e. The van der Waals surface area contributed by atoms with Crippen molar-refractivity contribution in [3.05, 3.63) is 30.4 Å². The van der Waals surface area contributed by atoms with Gasteiger partial charge in [0.25, 0.3) is 0 Å². The van der Waals surface area contributed by atoms with Crippen molar-refractivity contribution >= 4 is 10.9 Å². The fourth-order valence-electron chi connectivity index (χ4n) is 1.03. The van der Waals surface area contributed by atoms with E-state index in [1.165, 1.54) is 0 Å². The van der Waals surface area contributed by atoms with Crippen molar-refractivity contribution in [2.75, 3.05) is 0 Å². The molecular weight excluding hydrogens is 124 g/mol. The van der Waals surface area contributed by atoms with E-state index >= 15 is 0 Å². The molecule has 50 valence electrons. The molecule has 1 heterocycles. The van der Waals surface area contributed by atoms with Gasteiger partial charge in [-0.25, -0.2) is 0 Å². The van der Waals surface area contributed by atoms with Gasteiger partial charge in [0, 0.05) is 18.6 Å². The third kappa shape index (κ3) is 0.692. The summed E-state index contributed by atoms with van der Waals surface area (Å²) in [5, 5.41) is 5.26. The van der Waals surface area contributed by atoms with Crippen molar-refractivity contribution in [2.45, 2.75) is 0 Å². The monoisotopic (exact) mass is 133 g/mol. The zero-order valence-electron chi connectivity index (χ0n) is 6.70. The van der Waals surface area contributed by atoms with Crippen LogP contribution < -0.4 is 0 Å². The van der Waals surface area contributed by atoms with Crippen molar-refractivity contribution in [3.63, 3.8) is 0 Å². The van der Waals surface area contributed by atoms with Crippen LogP contribution in [0.4, 0.5) is 0 Å². The highest BCUT2D eigenvalue weighted by atomic mass is 15.2. The lowest BCUT2D eigenvalue weighted by Crippen LogP contribution is -1.84. The molecule has 0 bridgehead atoms. The van der Waals surface area contributed by atoms with Crippen LogP contribution in [-0.2, 0) is 7.05 Å². The molecule has 10 heavy (non-hydrogen) atoms. The number of rotatable bonds is 0. The molecule has 0 atom stereocenters. The minimum atomic E-state index is 0.510. The number of aromatic nitrogens is 2. The summed E-state index contributed by atoms with van der Waals surface area (Å²) in [6, 6.07) is 5.94. The highest BCUT2D eigenvalue weighted by molar-refractivity contribution is 5.77. The topological polar surface area (TPSA) is 17.8 Å². The van der Waals surface area contributed by atoms with Gasteiger partial charge in [-0.05, 0) is 6.07 Å². The minimum absolute atomic E-state index is 0.510. The Kier molecular flexibility index (Phi) is 0.826. The Morgan fingerprint density at radius 1 is 1.60 bits per heavy atom. The van der Waals surface area contributed by atoms with Crippen molar-refractivity contribution in [1.82, 2.24) is 9.78 Å². The Labute approximate surface area is 60.5 Å². The van der Waals surface area contributed by atoms with E-state index in [1.54, 1.807) is 16.8 Å². The van der Waals surface area contributed by atoms with E-state index < -0.39 is 0 Å². The second-order valence-corrected chi connectivity index (χ2v) is 2.29. The summed E-state index contributed by atoms with van der Waals surface area (Å²) in [6.45, 7) is 0. The normalized spacial score (nSPS) is 11.9. The summed E-state index contributed by atoms with van der Waals surface area (Å²) in [5.41, 5.74) is 0.889. The van der Waals surface area contributed by atoms with Crippen LogP contribution in [-0.4, -0.2) is 9.78 Å². The average molecular weight is 133 g/mol. The molecule has 1 aromatic carbocycles. The minimum Gasteiger partial charge on any atom is -0.275 e. The van der Waals surface area contributed by atoms with Crippen LogP contribution in [0.2, 0.25) is 0 Å². The van der Waals surface area contributed by atoms with Gasteiger partial charge in [-0.2, -0.15) is 5.10 Å². The lowest BCUT2D eigenvalue weighted by atomic mass is 10.3. The van der Waals surface area contributed by atoms with Crippen molar-refractivity contribution in [3.8, 4) is 0 Å². The number of benzene rings is 1. The SMILES string of the molecule is [2H]c1ccc2cn(C)nc2c1. The Morgan fingerprint density at radius 3 is 3.40 bits per heavy atom. The largest absolute Gasteiger partial charge is 0.275 e. The van der Waals surface area contributed by atoms with E-state index in [4.69, 9.17) is 1.37 Å². The molecule has 2 rings (SSSR count). The first-order valence-corrected chi connectivity index (χ1v) is 3.16. The third-order valence-corrected chi connectivity index (χ3v) is 1.47. The summed E-state index contributed by atoms with van der Waals surface area (Å²) in [4.78, 5) is 0. The summed E-state index contributed by atoms with van der Waals surface area (Å²) >= 11 is 0. The van der Waals surface area contributed by atoms with Crippen molar-refractivity contribution in [1.29, 1.82) is 0 Å². The Balaban J connectivity index is 2.82. The molecule has 1 aromatic heterocycles. The highest BCUT2D eigenvalue weighted by Crippen LogP contribution is 2.08. The Morgan fingerprint density at radius 2 is 2.50 bits per heavy atom. The highest BCUT2D eigenvalue weighted by Gasteiger charge is 1.92. The summed E-state index contributed by atoms with van der Waals surface area (Å²) in [7, 11) is 1.88. The van der Waals surface area contributed by atoms with Crippen LogP contribution >= 0.6 is 0 Å². The van der Waals surface area contributed by atoms with Crippen LogP contribution in [0, 0.1) is 0 Å². The molecule has 0 aliphatic heterocycles. The van der Waals surface area contributed by atoms with Gasteiger partial charge in [0.1, 0.15) is 0 Å². The molecule has 0 saturated heterocycles. The summed E-state index contributed by atoms with van der Waals surface area (Å²) in [6.07, 6.45) is 1.94. The number of hydrogen-bond donors (Lipinski definition) is 0. The number of nitrogens with zero attached hydrogens (tertiary/aromatic N) is 2. The maximum atomic E-state index is 7.34. The van der Waals surface area contributed by atoms with Gasteiger partial charge in [-0.3, -0.25) is 4.68 Å². The molecule has 0 N–H and O–H groups in total. The molecule has 0 saturated carbocycles. The van der Waals surface area contributed by atoms with E-state index in [-0.39, 0.29) is 0 Å². The average Bonchev–Trinajstić information content (AvgIpc) is 2.27. The molecule has 0 amide bonds. The van der Waals surface area contributed by atoms with Gasteiger partial charge >= 0.3 is 0 Å². The molecule has 0 unspecified atom stereocenters. The molecule has 2 nitrogen and oxygen atoms in total. The number of aryl methyl sites for hydroxylation is 1. The van der Waals surface area contributed by atoms with Gasteiger partial charge in [0.2, 0.25) is 0 Å².